The molecule has 1 aromatic heterocycles. The van der Waals surface area contributed by atoms with E-state index < -0.39 is 37.3 Å². The number of nitrogen functional groups attached to an aromatic ring is 1. The van der Waals surface area contributed by atoms with Crippen molar-refractivity contribution in [2.24, 2.45) is 0 Å². The molecule has 2 atom stereocenters. The van der Waals surface area contributed by atoms with Crippen LogP contribution < -0.4 is 11.4 Å². The fourth-order valence-corrected chi connectivity index (χ4v) is 1.33. The smallest absolute Gasteiger partial charge is 0.351 e. The molecule has 5 N–H and O–H groups in total. The highest BCUT2D eigenvalue weighted by Crippen LogP contribution is 2.14. The second kappa shape index (κ2) is 6.86. The summed E-state index contributed by atoms with van der Waals surface area (Å²) in [5, 5.41) is 27.6. The van der Waals surface area contributed by atoms with E-state index >= 15 is 0 Å². The van der Waals surface area contributed by atoms with Crippen molar-refractivity contribution in [1.29, 1.82) is 0 Å². The minimum atomic E-state index is -1.45. The quantitative estimate of drug-likeness (QED) is 0.427. The predicted molar refractivity (Wildman–Crippen MR) is 65.8 cm³/mol. The van der Waals surface area contributed by atoms with Gasteiger partial charge in [-0.15, -0.1) is 6.42 Å². The van der Waals surface area contributed by atoms with E-state index in [-0.39, 0.29) is 5.82 Å². The van der Waals surface area contributed by atoms with Crippen LogP contribution in [-0.2, 0) is 4.74 Å². The Labute approximate surface area is 109 Å². The van der Waals surface area contributed by atoms with Crippen LogP contribution in [0.25, 0.3) is 0 Å². The van der Waals surface area contributed by atoms with Crippen LogP contribution in [0.15, 0.2) is 17.1 Å². The van der Waals surface area contributed by atoms with E-state index in [1.807, 2.05) is 5.92 Å². The Kier molecular flexibility index (Phi) is 5.47. The van der Waals surface area contributed by atoms with Gasteiger partial charge in [-0.25, -0.2) is 4.79 Å². The summed E-state index contributed by atoms with van der Waals surface area (Å²) in [7, 11) is 0. The number of aliphatic hydroxyl groups excluding tert-OH is 3. The van der Waals surface area contributed by atoms with E-state index in [1.54, 1.807) is 0 Å². The number of nitrogens with two attached hydrogens (primary N) is 1. The zero-order valence-electron chi connectivity index (χ0n) is 10.0. The van der Waals surface area contributed by atoms with Crippen LogP contribution in [0.5, 0.6) is 0 Å². The van der Waals surface area contributed by atoms with Crippen LogP contribution in [0.2, 0.25) is 0 Å². The van der Waals surface area contributed by atoms with E-state index in [2.05, 4.69) is 4.98 Å². The number of aliphatic hydroxyl groups is 3. The molecule has 8 nitrogen and oxygen atoms in total. The molecule has 8 heteroatoms. The fraction of sp³-hybridized carbons (Fsp3) is 0.455. The van der Waals surface area contributed by atoms with Crippen molar-refractivity contribution >= 4 is 5.82 Å². The van der Waals surface area contributed by atoms with Gasteiger partial charge in [-0.05, 0) is 6.07 Å². The zero-order chi connectivity index (χ0) is 14.4. The molecular formula is C11H15N3O5. The molecule has 0 spiro atoms. The largest absolute Gasteiger partial charge is 0.394 e. The van der Waals surface area contributed by atoms with E-state index in [9.17, 15) is 9.90 Å². The molecule has 0 saturated carbocycles. The Morgan fingerprint density at radius 2 is 2.16 bits per heavy atom. The van der Waals surface area contributed by atoms with Gasteiger partial charge in [-0.2, -0.15) is 4.98 Å². The molecule has 0 amide bonds. The average Bonchev–Trinajstić information content (AvgIpc) is 2.40. The lowest BCUT2D eigenvalue weighted by Crippen LogP contribution is -2.38. The number of hydrogen-bond donors (Lipinski definition) is 4. The van der Waals surface area contributed by atoms with Crippen molar-refractivity contribution in [2.75, 3.05) is 18.9 Å². The summed E-state index contributed by atoms with van der Waals surface area (Å²) in [6.07, 6.45) is 2.61. The summed E-state index contributed by atoms with van der Waals surface area (Å²) in [4.78, 5) is 15.1. The van der Waals surface area contributed by atoms with Crippen molar-refractivity contribution in [1.82, 2.24) is 9.55 Å². The number of rotatable bonds is 6. The van der Waals surface area contributed by atoms with Crippen LogP contribution in [-0.4, -0.2) is 50.3 Å². The number of anilines is 1. The van der Waals surface area contributed by atoms with Crippen LogP contribution in [0, 0.1) is 12.3 Å². The molecule has 0 unspecified atom stereocenters. The Hall–Kier alpha value is -1.92. The first-order chi connectivity index (χ1) is 9.03. The SMILES string of the molecule is C#C[C@@H](O)[C@@H](OC(CO)CO)n1ccc(N)nc1=O. The predicted octanol–water partition coefficient (Wildman–Crippen LogP) is -2.31. The molecule has 0 aliphatic carbocycles. The van der Waals surface area contributed by atoms with E-state index in [4.69, 9.17) is 27.1 Å². The van der Waals surface area contributed by atoms with Crippen molar-refractivity contribution < 1.29 is 20.1 Å². The van der Waals surface area contributed by atoms with Gasteiger partial charge in [-0.1, -0.05) is 5.92 Å². The lowest BCUT2D eigenvalue weighted by Gasteiger charge is -2.25. The van der Waals surface area contributed by atoms with Gasteiger partial charge in [0, 0.05) is 6.20 Å². The van der Waals surface area contributed by atoms with E-state index in [0.717, 1.165) is 4.57 Å². The van der Waals surface area contributed by atoms with Gasteiger partial charge in [0.05, 0.1) is 13.2 Å². The van der Waals surface area contributed by atoms with Crippen molar-refractivity contribution in [3.63, 3.8) is 0 Å². The summed E-state index contributed by atoms with van der Waals surface area (Å²) in [5.74, 6) is 2.02. The Balaban J connectivity index is 3.10. The molecule has 1 aromatic rings. The van der Waals surface area contributed by atoms with Gasteiger partial charge in [-0.3, -0.25) is 4.57 Å². The lowest BCUT2D eigenvalue weighted by atomic mass is 10.3. The maximum atomic E-state index is 11.6. The molecule has 0 saturated heterocycles. The number of hydrogen-bond acceptors (Lipinski definition) is 7. The van der Waals surface area contributed by atoms with Gasteiger partial charge in [0.1, 0.15) is 11.9 Å². The first-order valence-corrected chi connectivity index (χ1v) is 5.39. The number of terminal acetylenes is 1. The highest BCUT2D eigenvalue weighted by Gasteiger charge is 2.25. The minimum absolute atomic E-state index is 0.0102. The molecule has 0 aliphatic rings. The summed E-state index contributed by atoms with van der Waals surface area (Å²) in [5.41, 5.74) is 4.57. The Bertz CT molecular complexity index is 506. The summed E-state index contributed by atoms with van der Waals surface area (Å²) in [6, 6.07) is 1.33. The van der Waals surface area contributed by atoms with Gasteiger partial charge in [0.2, 0.25) is 0 Å². The topological polar surface area (TPSA) is 131 Å². The molecule has 0 radical (unpaired) electrons. The minimum Gasteiger partial charge on any atom is -0.394 e. The monoisotopic (exact) mass is 269 g/mol. The maximum absolute atomic E-state index is 11.6. The number of nitrogens with zero attached hydrogens (tertiary/aromatic N) is 2. The highest BCUT2D eigenvalue weighted by molar-refractivity contribution is 5.23. The van der Waals surface area contributed by atoms with Crippen molar-refractivity contribution in [2.45, 2.75) is 18.4 Å². The molecule has 1 heterocycles. The molecule has 0 aliphatic heterocycles. The Morgan fingerprint density at radius 3 is 2.63 bits per heavy atom. The standard InChI is InChI=1S/C11H15N3O5/c1-2-8(17)10(19-7(5-15)6-16)14-4-3-9(12)13-11(14)18/h1,3-4,7-8,10,15-17H,5-6H2,(H2,12,13,18)/t8-,10-/m1/s1. The first kappa shape index (κ1) is 15.1. The second-order valence-corrected chi connectivity index (χ2v) is 3.67. The fourth-order valence-electron chi connectivity index (χ4n) is 1.33. The normalized spacial score (nSPS) is 14.1. The van der Waals surface area contributed by atoms with Gasteiger partial charge in [0.15, 0.2) is 12.3 Å². The molecule has 0 bridgehead atoms. The van der Waals surface area contributed by atoms with Gasteiger partial charge in [0.25, 0.3) is 0 Å². The van der Waals surface area contributed by atoms with Crippen LogP contribution in [0.3, 0.4) is 0 Å². The first-order valence-electron chi connectivity index (χ1n) is 5.39. The third-order valence-corrected chi connectivity index (χ3v) is 2.31. The molecule has 1 rings (SSSR count). The lowest BCUT2D eigenvalue weighted by molar-refractivity contribution is -0.129. The van der Waals surface area contributed by atoms with Crippen LogP contribution >= 0.6 is 0 Å². The zero-order valence-corrected chi connectivity index (χ0v) is 10.0. The molecule has 0 fully saturated rings. The summed E-state index contributed by atoms with van der Waals surface area (Å²) >= 11 is 0. The molecular weight excluding hydrogens is 254 g/mol. The van der Waals surface area contributed by atoms with E-state index in [0.29, 0.717) is 0 Å². The summed E-state index contributed by atoms with van der Waals surface area (Å²) < 4.78 is 6.13. The van der Waals surface area contributed by atoms with Crippen molar-refractivity contribution in [3.8, 4) is 12.3 Å². The van der Waals surface area contributed by atoms with E-state index in [1.165, 1.54) is 12.3 Å². The molecule has 0 aromatic carbocycles. The van der Waals surface area contributed by atoms with Crippen LogP contribution in [0.4, 0.5) is 5.82 Å². The van der Waals surface area contributed by atoms with Gasteiger partial charge >= 0.3 is 5.69 Å². The highest BCUT2D eigenvalue weighted by atomic mass is 16.5. The third kappa shape index (κ3) is 3.77. The van der Waals surface area contributed by atoms with Crippen LogP contribution in [0.1, 0.15) is 6.23 Å². The van der Waals surface area contributed by atoms with Gasteiger partial charge < -0.3 is 25.8 Å². The van der Waals surface area contributed by atoms with Crippen molar-refractivity contribution in [3.05, 3.63) is 22.7 Å². The summed E-state index contributed by atoms with van der Waals surface area (Å²) in [6.45, 7) is -0.997. The second-order valence-electron chi connectivity index (χ2n) is 3.67. The number of ether oxygens (including phenoxy) is 1. The maximum Gasteiger partial charge on any atom is 0.351 e. The molecule has 104 valence electrons. The number of aromatic nitrogens is 2. The molecule has 19 heavy (non-hydrogen) atoms. The average molecular weight is 269 g/mol. The third-order valence-electron chi connectivity index (χ3n) is 2.31. The Morgan fingerprint density at radius 1 is 1.53 bits per heavy atom.